The molecule has 2 heterocycles. The molecule has 0 radical (unpaired) electrons. The van der Waals surface area contributed by atoms with Crippen LogP contribution in [0.5, 0.6) is 5.75 Å². The van der Waals surface area contributed by atoms with Crippen molar-refractivity contribution in [3.63, 3.8) is 0 Å². The van der Waals surface area contributed by atoms with Crippen molar-refractivity contribution in [2.75, 3.05) is 20.2 Å². The number of ether oxygens (including phenoxy) is 1. The summed E-state index contributed by atoms with van der Waals surface area (Å²) < 4.78 is 5.69. The molecule has 1 aromatic heterocycles. The van der Waals surface area contributed by atoms with Gasteiger partial charge >= 0.3 is 0 Å². The van der Waals surface area contributed by atoms with Crippen LogP contribution in [0.4, 0.5) is 0 Å². The highest BCUT2D eigenvalue weighted by atomic mass is 16.5. The Balaban J connectivity index is 1.84. The molecule has 1 aliphatic rings. The number of methoxy groups -OCH3 is 1. The summed E-state index contributed by atoms with van der Waals surface area (Å²) in [5.74, 6) is 0.884. The number of benzene rings is 3. The minimum absolute atomic E-state index is 0.884. The second-order valence-corrected chi connectivity index (χ2v) is 7.82. The zero-order valence-corrected chi connectivity index (χ0v) is 17.1. The van der Waals surface area contributed by atoms with Gasteiger partial charge in [0.2, 0.25) is 0 Å². The lowest BCUT2D eigenvalue weighted by Gasteiger charge is -2.31. The Morgan fingerprint density at radius 3 is 2.66 bits per heavy atom. The van der Waals surface area contributed by atoms with Crippen molar-refractivity contribution in [2.24, 2.45) is 0 Å². The molecule has 0 aliphatic carbocycles. The summed E-state index contributed by atoms with van der Waals surface area (Å²) in [5, 5.41) is 3.92. The summed E-state index contributed by atoms with van der Waals surface area (Å²) in [4.78, 5) is 7.76. The molecule has 0 saturated carbocycles. The molecule has 0 bridgehead atoms. The highest BCUT2D eigenvalue weighted by molar-refractivity contribution is 6.09. The van der Waals surface area contributed by atoms with Crippen molar-refractivity contribution < 1.29 is 4.74 Å². The van der Waals surface area contributed by atoms with Crippen molar-refractivity contribution >= 4 is 21.7 Å². The number of fused-ring (bicyclic) bond motifs is 5. The Bertz CT molecular complexity index is 1200. The Morgan fingerprint density at radius 2 is 1.79 bits per heavy atom. The molecule has 146 valence electrons. The van der Waals surface area contributed by atoms with E-state index in [1.54, 1.807) is 7.11 Å². The zero-order valence-electron chi connectivity index (χ0n) is 17.1. The van der Waals surface area contributed by atoms with Gasteiger partial charge in [0, 0.05) is 24.0 Å². The van der Waals surface area contributed by atoms with Gasteiger partial charge in [-0.2, -0.15) is 0 Å². The van der Waals surface area contributed by atoms with Gasteiger partial charge in [0.05, 0.1) is 18.3 Å². The molecule has 0 N–H and O–H groups in total. The lowest BCUT2D eigenvalue weighted by molar-refractivity contribution is 0.255. The van der Waals surface area contributed by atoms with Crippen LogP contribution in [0.1, 0.15) is 24.5 Å². The highest BCUT2D eigenvalue weighted by Crippen LogP contribution is 2.39. The number of rotatable bonds is 4. The maximum Gasteiger partial charge on any atom is 0.128 e. The van der Waals surface area contributed by atoms with E-state index in [4.69, 9.17) is 9.72 Å². The van der Waals surface area contributed by atoms with E-state index in [1.807, 2.05) is 12.1 Å². The van der Waals surface area contributed by atoms with E-state index in [9.17, 15) is 0 Å². The first-order chi connectivity index (χ1) is 14.3. The van der Waals surface area contributed by atoms with Gasteiger partial charge in [0.1, 0.15) is 5.75 Å². The van der Waals surface area contributed by atoms with Gasteiger partial charge < -0.3 is 4.74 Å². The SMILES string of the molecule is CCCN1CCc2c(c(-c3ccccc3OC)nc3ccc4ccccc4c23)C1. The third-order valence-corrected chi connectivity index (χ3v) is 6.05. The second kappa shape index (κ2) is 7.49. The van der Waals surface area contributed by atoms with Crippen molar-refractivity contribution in [1.82, 2.24) is 9.88 Å². The summed E-state index contributed by atoms with van der Waals surface area (Å²) in [6.07, 6.45) is 2.23. The normalized spacial score (nSPS) is 14.3. The lowest BCUT2D eigenvalue weighted by atomic mass is 9.89. The predicted molar refractivity (Wildman–Crippen MR) is 121 cm³/mol. The van der Waals surface area contributed by atoms with Crippen LogP contribution in [-0.4, -0.2) is 30.1 Å². The van der Waals surface area contributed by atoms with Crippen LogP contribution in [0.25, 0.3) is 32.9 Å². The maximum atomic E-state index is 5.69. The van der Waals surface area contributed by atoms with Crippen LogP contribution in [0.3, 0.4) is 0 Å². The van der Waals surface area contributed by atoms with Gasteiger partial charge in [-0.05, 0) is 59.5 Å². The zero-order chi connectivity index (χ0) is 19.8. The third kappa shape index (κ3) is 3.06. The maximum absolute atomic E-state index is 5.69. The van der Waals surface area contributed by atoms with E-state index in [2.05, 4.69) is 60.4 Å². The van der Waals surface area contributed by atoms with Gasteiger partial charge in [0.25, 0.3) is 0 Å². The largest absolute Gasteiger partial charge is 0.496 e. The molecule has 0 fully saturated rings. The molecule has 4 aromatic rings. The lowest BCUT2D eigenvalue weighted by Crippen LogP contribution is -2.32. The Morgan fingerprint density at radius 1 is 0.966 bits per heavy atom. The summed E-state index contributed by atoms with van der Waals surface area (Å²) in [5.41, 5.74) is 6.05. The van der Waals surface area contributed by atoms with Gasteiger partial charge in [-0.25, -0.2) is 4.98 Å². The van der Waals surface area contributed by atoms with Crippen molar-refractivity contribution in [3.05, 3.63) is 71.8 Å². The van der Waals surface area contributed by atoms with Crippen molar-refractivity contribution in [2.45, 2.75) is 26.3 Å². The molecule has 3 nitrogen and oxygen atoms in total. The monoisotopic (exact) mass is 382 g/mol. The molecule has 0 unspecified atom stereocenters. The second-order valence-electron chi connectivity index (χ2n) is 7.82. The number of para-hydroxylation sites is 1. The molecule has 1 aliphatic heterocycles. The molecule has 0 amide bonds. The number of aromatic nitrogens is 1. The highest BCUT2D eigenvalue weighted by Gasteiger charge is 2.25. The average molecular weight is 383 g/mol. The average Bonchev–Trinajstić information content (AvgIpc) is 2.78. The van der Waals surface area contributed by atoms with Crippen LogP contribution < -0.4 is 4.74 Å². The molecule has 3 aromatic carbocycles. The Labute approximate surface area is 171 Å². The third-order valence-electron chi connectivity index (χ3n) is 6.05. The van der Waals surface area contributed by atoms with Crippen LogP contribution >= 0.6 is 0 Å². The van der Waals surface area contributed by atoms with E-state index in [0.717, 1.165) is 48.6 Å². The fourth-order valence-corrected chi connectivity index (χ4v) is 4.74. The smallest absolute Gasteiger partial charge is 0.128 e. The van der Waals surface area contributed by atoms with E-state index in [-0.39, 0.29) is 0 Å². The van der Waals surface area contributed by atoms with Crippen molar-refractivity contribution in [3.8, 4) is 17.0 Å². The van der Waals surface area contributed by atoms with Gasteiger partial charge in [-0.1, -0.05) is 49.4 Å². The predicted octanol–water partition coefficient (Wildman–Crippen LogP) is 5.83. The van der Waals surface area contributed by atoms with E-state index >= 15 is 0 Å². The van der Waals surface area contributed by atoms with Gasteiger partial charge in [-0.3, -0.25) is 4.90 Å². The van der Waals surface area contributed by atoms with Gasteiger partial charge in [0.15, 0.2) is 0 Å². The molecular weight excluding hydrogens is 356 g/mol. The minimum Gasteiger partial charge on any atom is -0.496 e. The Hall–Kier alpha value is -2.91. The van der Waals surface area contributed by atoms with Crippen LogP contribution in [0.15, 0.2) is 60.7 Å². The molecule has 29 heavy (non-hydrogen) atoms. The number of pyridine rings is 1. The number of hydrogen-bond acceptors (Lipinski definition) is 3. The molecule has 0 saturated heterocycles. The fourth-order valence-electron chi connectivity index (χ4n) is 4.74. The summed E-state index contributed by atoms with van der Waals surface area (Å²) >= 11 is 0. The first-order valence-corrected chi connectivity index (χ1v) is 10.5. The molecule has 3 heteroatoms. The molecule has 0 atom stereocenters. The number of nitrogens with zero attached hydrogens (tertiary/aromatic N) is 2. The molecule has 5 rings (SSSR count). The van der Waals surface area contributed by atoms with Crippen LogP contribution in [-0.2, 0) is 13.0 Å². The van der Waals surface area contributed by atoms with Crippen LogP contribution in [0, 0.1) is 0 Å². The quantitative estimate of drug-likeness (QED) is 0.415. The number of hydrogen-bond donors (Lipinski definition) is 0. The summed E-state index contributed by atoms with van der Waals surface area (Å²) in [7, 11) is 1.74. The van der Waals surface area contributed by atoms with Gasteiger partial charge in [-0.15, -0.1) is 0 Å². The van der Waals surface area contributed by atoms with E-state index in [0.29, 0.717) is 0 Å². The topological polar surface area (TPSA) is 25.4 Å². The standard InChI is InChI=1S/C26H26N2O/c1-3-15-28-16-14-20-22(17-28)26(21-10-6-7-11-24(21)29-2)27-23-13-12-18-8-4-5-9-19(18)25(20)23/h4-13H,3,14-17H2,1-2H3. The molecule has 0 spiro atoms. The summed E-state index contributed by atoms with van der Waals surface area (Å²) in [6.45, 7) is 5.43. The van der Waals surface area contributed by atoms with Crippen molar-refractivity contribution in [1.29, 1.82) is 0 Å². The van der Waals surface area contributed by atoms with Crippen LogP contribution in [0.2, 0.25) is 0 Å². The fraction of sp³-hybridized carbons (Fsp3) is 0.269. The first kappa shape index (κ1) is 18.1. The summed E-state index contributed by atoms with van der Waals surface area (Å²) in [6, 6.07) is 21.3. The first-order valence-electron chi connectivity index (χ1n) is 10.5. The molecular formula is C26H26N2O. The Kier molecular flexibility index (Phi) is 4.69. The van der Waals surface area contributed by atoms with E-state index < -0.39 is 0 Å². The minimum atomic E-state index is 0.884. The van der Waals surface area contributed by atoms with E-state index in [1.165, 1.54) is 33.7 Å².